The lowest BCUT2D eigenvalue weighted by Crippen LogP contribution is -2.29. The summed E-state index contributed by atoms with van der Waals surface area (Å²) in [5, 5.41) is 13.4. The van der Waals surface area contributed by atoms with Gasteiger partial charge in [0.05, 0.1) is 17.2 Å². The summed E-state index contributed by atoms with van der Waals surface area (Å²) in [5.41, 5.74) is 2.71. The van der Waals surface area contributed by atoms with E-state index in [1.165, 1.54) is 10.9 Å². The van der Waals surface area contributed by atoms with Gasteiger partial charge in [-0.1, -0.05) is 11.6 Å². The lowest BCUT2D eigenvalue weighted by atomic mass is 10.1. The minimum Gasteiger partial charge on any atom is -0.384 e. The number of hydrogen-bond acceptors (Lipinski definition) is 4. The van der Waals surface area contributed by atoms with Crippen molar-refractivity contribution in [3.63, 3.8) is 0 Å². The highest BCUT2D eigenvalue weighted by Gasteiger charge is 2.37. The Bertz CT molecular complexity index is 865. The molecule has 0 saturated heterocycles. The third-order valence-electron chi connectivity index (χ3n) is 3.48. The van der Waals surface area contributed by atoms with Gasteiger partial charge >= 0.3 is 6.18 Å². The topological polar surface area (TPSA) is 63.8 Å². The van der Waals surface area contributed by atoms with Crippen LogP contribution in [0, 0.1) is 0 Å². The number of hydrogen-bond donors (Lipinski definition) is 1. The third kappa shape index (κ3) is 3.65. The number of fused-ring (bicyclic) bond motifs is 1. The monoisotopic (exact) mass is 356 g/mol. The van der Waals surface area contributed by atoms with Gasteiger partial charge in [-0.15, -0.1) is 0 Å². The molecule has 126 valence electrons. The van der Waals surface area contributed by atoms with E-state index in [-0.39, 0.29) is 6.54 Å². The van der Waals surface area contributed by atoms with E-state index in [4.69, 9.17) is 16.7 Å². The average Bonchev–Trinajstić information content (AvgIpc) is 2.99. The highest BCUT2D eigenvalue weighted by molar-refractivity contribution is 6.29. The van der Waals surface area contributed by atoms with Crippen LogP contribution in [0.4, 0.5) is 13.2 Å². The molecule has 3 heterocycles. The van der Waals surface area contributed by atoms with E-state index in [1.807, 2.05) is 0 Å². The van der Waals surface area contributed by atoms with Crippen molar-refractivity contribution in [1.82, 2.24) is 19.7 Å². The molecule has 24 heavy (non-hydrogen) atoms. The van der Waals surface area contributed by atoms with E-state index in [0.717, 1.165) is 5.56 Å². The third-order valence-corrected chi connectivity index (χ3v) is 3.69. The van der Waals surface area contributed by atoms with E-state index in [0.29, 0.717) is 21.7 Å². The van der Waals surface area contributed by atoms with E-state index in [2.05, 4.69) is 15.1 Å². The van der Waals surface area contributed by atoms with Crippen LogP contribution in [-0.4, -0.2) is 37.1 Å². The second-order valence-corrected chi connectivity index (χ2v) is 5.62. The number of aromatic nitrogens is 4. The first kappa shape index (κ1) is 16.7. The van der Waals surface area contributed by atoms with E-state index in [1.54, 1.807) is 30.6 Å². The van der Waals surface area contributed by atoms with Crippen LogP contribution in [0.2, 0.25) is 5.15 Å². The highest BCUT2D eigenvalue weighted by atomic mass is 35.5. The summed E-state index contributed by atoms with van der Waals surface area (Å²) in [5.74, 6) is 0. The molecule has 0 aromatic carbocycles. The lowest BCUT2D eigenvalue weighted by molar-refractivity contribution is -0.206. The largest absolute Gasteiger partial charge is 0.414 e. The summed E-state index contributed by atoms with van der Waals surface area (Å²) in [6.45, 7) is -0.0498. The van der Waals surface area contributed by atoms with E-state index >= 15 is 0 Å². The van der Waals surface area contributed by atoms with Gasteiger partial charge in [0.15, 0.2) is 6.10 Å². The fourth-order valence-corrected chi connectivity index (χ4v) is 2.35. The summed E-state index contributed by atoms with van der Waals surface area (Å²) >= 11 is 5.86. The Labute approximate surface area is 139 Å². The zero-order chi connectivity index (χ0) is 17.3. The Balaban J connectivity index is 1.78. The molecule has 0 aliphatic rings. The zero-order valence-corrected chi connectivity index (χ0v) is 13.0. The number of aryl methyl sites for hydroxylation is 1. The molecule has 9 heteroatoms. The molecule has 1 atom stereocenters. The van der Waals surface area contributed by atoms with Crippen molar-refractivity contribution in [3.8, 4) is 11.1 Å². The fraction of sp³-hybridized carbons (Fsp3) is 0.267. The second kappa shape index (κ2) is 6.37. The predicted molar refractivity (Wildman–Crippen MR) is 82.4 cm³/mol. The van der Waals surface area contributed by atoms with Gasteiger partial charge in [0.25, 0.3) is 0 Å². The molecule has 0 spiro atoms. The summed E-state index contributed by atoms with van der Waals surface area (Å²) in [7, 11) is 0. The Hall–Kier alpha value is -2.19. The van der Waals surface area contributed by atoms with Crippen LogP contribution < -0.4 is 0 Å². The van der Waals surface area contributed by atoms with Crippen molar-refractivity contribution >= 4 is 22.6 Å². The maximum absolute atomic E-state index is 12.3. The van der Waals surface area contributed by atoms with Crippen LogP contribution >= 0.6 is 11.6 Å². The molecule has 3 aromatic heterocycles. The molecular formula is C15H12ClF3N4O. The molecule has 0 fully saturated rings. The Morgan fingerprint density at radius 2 is 1.96 bits per heavy atom. The summed E-state index contributed by atoms with van der Waals surface area (Å²) in [6, 6.07) is 5.16. The summed E-state index contributed by atoms with van der Waals surface area (Å²) in [6.07, 6.45) is -2.70. The molecule has 0 radical (unpaired) electrons. The second-order valence-electron chi connectivity index (χ2n) is 5.23. The zero-order valence-electron chi connectivity index (χ0n) is 12.2. The first-order valence-corrected chi connectivity index (χ1v) is 7.40. The molecular weight excluding hydrogens is 345 g/mol. The molecule has 1 unspecified atom stereocenters. The van der Waals surface area contributed by atoms with Crippen LogP contribution in [0.3, 0.4) is 0 Å². The van der Waals surface area contributed by atoms with Gasteiger partial charge in [-0.3, -0.25) is 9.67 Å². The molecule has 0 aliphatic carbocycles. The molecule has 0 amide bonds. The van der Waals surface area contributed by atoms with Crippen molar-refractivity contribution in [1.29, 1.82) is 0 Å². The van der Waals surface area contributed by atoms with E-state index in [9.17, 15) is 13.2 Å². The number of aliphatic hydroxyl groups excluding tert-OH is 1. The van der Waals surface area contributed by atoms with Crippen LogP contribution in [0.5, 0.6) is 0 Å². The highest BCUT2D eigenvalue weighted by Crippen LogP contribution is 2.24. The van der Waals surface area contributed by atoms with Gasteiger partial charge in [-0.2, -0.15) is 18.3 Å². The fourth-order valence-electron chi connectivity index (χ4n) is 2.19. The predicted octanol–water partition coefficient (Wildman–Crippen LogP) is 3.46. The van der Waals surface area contributed by atoms with Gasteiger partial charge in [-0.25, -0.2) is 4.98 Å². The van der Waals surface area contributed by atoms with Crippen molar-refractivity contribution in [2.24, 2.45) is 0 Å². The van der Waals surface area contributed by atoms with E-state index < -0.39 is 18.7 Å². The maximum atomic E-state index is 12.3. The van der Waals surface area contributed by atoms with Crippen LogP contribution in [0.1, 0.15) is 6.42 Å². The Morgan fingerprint density at radius 3 is 2.71 bits per heavy atom. The SMILES string of the molecule is OC(CCn1cc(-c2cnc3ccc(Cl)nc3c2)cn1)C(F)(F)F. The molecule has 0 aliphatic heterocycles. The van der Waals surface area contributed by atoms with Crippen molar-refractivity contribution < 1.29 is 18.3 Å². The molecule has 5 nitrogen and oxygen atoms in total. The van der Waals surface area contributed by atoms with Crippen molar-refractivity contribution in [2.45, 2.75) is 25.2 Å². The number of aliphatic hydroxyl groups is 1. The molecule has 3 rings (SSSR count). The number of halogens is 4. The van der Waals surface area contributed by atoms with Gasteiger partial charge in [-0.05, 0) is 18.2 Å². The smallest absolute Gasteiger partial charge is 0.384 e. The molecule has 1 N–H and O–H groups in total. The van der Waals surface area contributed by atoms with Gasteiger partial charge in [0.1, 0.15) is 5.15 Å². The lowest BCUT2D eigenvalue weighted by Gasteiger charge is -2.13. The van der Waals surface area contributed by atoms with Crippen molar-refractivity contribution in [3.05, 3.63) is 41.9 Å². The maximum Gasteiger partial charge on any atom is 0.414 e. The van der Waals surface area contributed by atoms with Crippen LogP contribution in [0.25, 0.3) is 22.2 Å². The normalized spacial score (nSPS) is 13.4. The molecule has 3 aromatic rings. The Morgan fingerprint density at radius 1 is 1.17 bits per heavy atom. The summed E-state index contributed by atoms with van der Waals surface area (Å²) in [4.78, 5) is 8.44. The van der Waals surface area contributed by atoms with Gasteiger partial charge < -0.3 is 5.11 Å². The number of rotatable bonds is 4. The Kier molecular flexibility index (Phi) is 4.42. The number of nitrogens with zero attached hydrogens (tertiary/aromatic N) is 4. The minimum absolute atomic E-state index is 0.0498. The quantitative estimate of drug-likeness (QED) is 0.727. The molecule has 0 bridgehead atoms. The van der Waals surface area contributed by atoms with Gasteiger partial charge in [0, 0.05) is 36.5 Å². The first-order chi connectivity index (χ1) is 11.3. The average molecular weight is 357 g/mol. The molecule has 0 saturated carbocycles. The summed E-state index contributed by atoms with van der Waals surface area (Å²) < 4.78 is 38.2. The van der Waals surface area contributed by atoms with Gasteiger partial charge in [0.2, 0.25) is 0 Å². The van der Waals surface area contributed by atoms with Crippen LogP contribution in [-0.2, 0) is 6.54 Å². The number of alkyl halides is 3. The van der Waals surface area contributed by atoms with Crippen LogP contribution in [0.15, 0.2) is 36.8 Å². The van der Waals surface area contributed by atoms with Crippen molar-refractivity contribution in [2.75, 3.05) is 0 Å². The first-order valence-electron chi connectivity index (χ1n) is 7.03. The number of pyridine rings is 2. The standard InChI is InChI=1S/C15H12ClF3N4O/c16-14-2-1-11-12(22-14)5-9(6-20-11)10-7-21-23(8-10)4-3-13(24)15(17,18)19/h1-2,5-8,13,24H,3-4H2. The minimum atomic E-state index is -4.62.